The molecule has 2 aromatic rings. The molecule has 2 rings (SSSR count). The quantitative estimate of drug-likeness (QED) is 0.598. The summed E-state index contributed by atoms with van der Waals surface area (Å²) in [5.41, 5.74) is 0.747. The lowest BCUT2D eigenvalue weighted by Crippen LogP contribution is -2.27. The van der Waals surface area contributed by atoms with Gasteiger partial charge in [-0.15, -0.1) is 0 Å². The number of benzene rings is 2. The van der Waals surface area contributed by atoms with Gasteiger partial charge in [-0.25, -0.2) is 0 Å². The van der Waals surface area contributed by atoms with Gasteiger partial charge in [0.25, 0.3) is 0 Å². The standard InChI is InChI=1S/C19H20BrF2NO4/c1-25-16-6-5-13(11-17(16)27-19(21)22)7-9-23-18(24)8-10-26-15-4-2-3-14(20)12-15/h2-6,11-12,19H,7-10H2,1H3,(H,23,24). The maximum atomic E-state index is 12.4. The van der Waals surface area contributed by atoms with Gasteiger partial charge in [0.15, 0.2) is 11.5 Å². The van der Waals surface area contributed by atoms with Crippen molar-refractivity contribution in [3.05, 3.63) is 52.5 Å². The van der Waals surface area contributed by atoms with Gasteiger partial charge in [0.2, 0.25) is 5.91 Å². The molecule has 8 heteroatoms. The molecule has 5 nitrogen and oxygen atoms in total. The Kier molecular flexibility index (Phi) is 8.32. The van der Waals surface area contributed by atoms with Crippen LogP contribution >= 0.6 is 15.9 Å². The van der Waals surface area contributed by atoms with Crippen LogP contribution in [0, 0.1) is 0 Å². The molecule has 0 radical (unpaired) electrons. The first-order chi connectivity index (χ1) is 13.0. The highest BCUT2D eigenvalue weighted by atomic mass is 79.9. The van der Waals surface area contributed by atoms with Crippen LogP contribution < -0.4 is 19.5 Å². The summed E-state index contributed by atoms with van der Waals surface area (Å²) in [6.07, 6.45) is 0.691. The molecular formula is C19H20BrF2NO4. The Balaban J connectivity index is 1.74. The number of halogens is 3. The maximum absolute atomic E-state index is 12.4. The molecular weight excluding hydrogens is 424 g/mol. The van der Waals surface area contributed by atoms with Crippen molar-refractivity contribution in [3.63, 3.8) is 0 Å². The first kappa shape index (κ1) is 21.0. The van der Waals surface area contributed by atoms with Gasteiger partial charge < -0.3 is 19.5 Å². The maximum Gasteiger partial charge on any atom is 0.387 e. The van der Waals surface area contributed by atoms with Gasteiger partial charge in [0.05, 0.1) is 20.1 Å². The SMILES string of the molecule is COc1ccc(CCNC(=O)CCOc2cccc(Br)c2)cc1OC(F)F. The Morgan fingerprint density at radius 3 is 2.70 bits per heavy atom. The summed E-state index contributed by atoms with van der Waals surface area (Å²) < 4.78 is 40.7. The Morgan fingerprint density at radius 2 is 2.00 bits per heavy atom. The van der Waals surface area contributed by atoms with E-state index in [0.717, 1.165) is 10.0 Å². The average molecular weight is 444 g/mol. The van der Waals surface area contributed by atoms with Crippen molar-refractivity contribution >= 4 is 21.8 Å². The van der Waals surface area contributed by atoms with Crippen LogP contribution in [0.5, 0.6) is 17.2 Å². The van der Waals surface area contributed by atoms with Gasteiger partial charge >= 0.3 is 6.61 Å². The van der Waals surface area contributed by atoms with Crippen LogP contribution in [0.4, 0.5) is 8.78 Å². The summed E-state index contributed by atoms with van der Waals surface area (Å²) in [5, 5.41) is 2.77. The van der Waals surface area contributed by atoms with Gasteiger partial charge in [-0.2, -0.15) is 8.78 Å². The number of carbonyl (C=O) groups excluding carboxylic acids is 1. The number of amides is 1. The smallest absolute Gasteiger partial charge is 0.387 e. The minimum Gasteiger partial charge on any atom is -0.493 e. The minimum absolute atomic E-state index is 0.0289. The van der Waals surface area contributed by atoms with Gasteiger partial charge in [0, 0.05) is 11.0 Å². The van der Waals surface area contributed by atoms with E-state index in [1.54, 1.807) is 12.1 Å². The normalized spacial score (nSPS) is 10.6. The minimum atomic E-state index is -2.93. The highest BCUT2D eigenvalue weighted by Crippen LogP contribution is 2.29. The van der Waals surface area contributed by atoms with Crippen molar-refractivity contribution in [1.29, 1.82) is 0 Å². The van der Waals surface area contributed by atoms with Crippen LogP contribution in [0.2, 0.25) is 0 Å². The van der Waals surface area contributed by atoms with Crippen LogP contribution in [0.15, 0.2) is 46.9 Å². The number of alkyl halides is 2. The number of nitrogens with one attached hydrogen (secondary N) is 1. The van der Waals surface area contributed by atoms with E-state index in [0.29, 0.717) is 18.7 Å². The highest BCUT2D eigenvalue weighted by Gasteiger charge is 2.11. The number of hydrogen-bond donors (Lipinski definition) is 1. The molecule has 1 amide bonds. The summed E-state index contributed by atoms with van der Waals surface area (Å²) in [6.45, 7) is -2.30. The molecule has 0 fully saturated rings. The predicted molar refractivity (Wildman–Crippen MR) is 101 cm³/mol. The second-order valence-electron chi connectivity index (χ2n) is 5.52. The van der Waals surface area contributed by atoms with E-state index >= 15 is 0 Å². The van der Waals surface area contributed by atoms with Gasteiger partial charge in [-0.3, -0.25) is 4.79 Å². The van der Waals surface area contributed by atoms with Crippen LogP contribution in [0.25, 0.3) is 0 Å². The topological polar surface area (TPSA) is 56.8 Å². The molecule has 0 spiro atoms. The number of methoxy groups -OCH3 is 1. The number of ether oxygens (including phenoxy) is 3. The summed E-state index contributed by atoms with van der Waals surface area (Å²) in [6, 6.07) is 12.1. The van der Waals surface area contributed by atoms with E-state index in [9.17, 15) is 13.6 Å². The number of rotatable bonds is 10. The van der Waals surface area contributed by atoms with Gasteiger partial charge in [-0.05, 0) is 42.3 Å². The summed E-state index contributed by atoms with van der Waals surface area (Å²) in [5.74, 6) is 0.732. The molecule has 0 bridgehead atoms. The number of hydrogen-bond acceptors (Lipinski definition) is 4. The second kappa shape index (κ2) is 10.7. The molecule has 27 heavy (non-hydrogen) atoms. The first-order valence-corrected chi connectivity index (χ1v) is 9.04. The van der Waals surface area contributed by atoms with E-state index in [2.05, 4.69) is 26.0 Å². The molecule has 0 aliphatic rings. The molecule has 0 atom stereocenters. The third-order valence-corrected chi connectivity index (χ3v) is 4.07. The van der Waals surface area contributed by atoms with Crippen LogP contribution in [0.1, 0.15) is 12.0 Å². The van der Waals surface area contributed by atoms with Gasteiger partial charge in [-0.1, -0.05) is 28.1 Å². The fourth-order valence-electron chi connectivity index (χ4n) is 2.32. The fraction of sp³-hybridized carbons (Fsp3) is 0.316. The molecule has 0 aromatic heterocycles. The molecule has 2 aromatic carbocycles. The zero-order valence-corrected chi connectivity index (χ0v) is 16.3. The summed E-state index contributed by atoms with van der Waals surface area (Å²) in [4.78, 5) is 11.9. The molecule has 1 N–H and O–H groups in total. The molecule has 0 aliphatic carbocycles. The van der Waals surface area contributed by atoms with Crippen molar-refractivity contribution < 1.29 is 27.8 Å². The predicted octanol–water partition coefficient (Wildman–Crippen LogP) is 4.19. The lowest BCUT2D eigenvalue weighted by molar-refractivity contribution is -0.121. The molecule has 0 heterocycles. The third kappa shape index (κ3) is 7.42. The molecule has 0 unspecified atom stereocenters. The van der Waals surface area contributed by atoms with Crippen molar-refractivity contribution in [3.8, 4) is 17.2 Å². The second-order valence-corrected chi connectivity index (χ2v) is 6.44. The average Bonchev–Trinajstić information content (AvgIpc) is 2.61. The lowest BCUT2D eigenvalue weighted by Gasteiger charge is -2.12. The molecule has 0 saturated heterocycles. The largest absolute Gasteiger partial charge is 0.493 e. The third-order valence-electron chi connectivity index (χ3n) is 3.57. The van der Waals surface area contributed by atoms with E-state index in [4.69, 9.17) is 9.47 Å². The fourth-order valence-corrected chi connectivity index (χ4v) is 2.70. The monoisotopic (exact) mass is 443 g/mol. The van der Waals surface area contributed by atoms with Crippen molar-refractivity contribution in [2.24, 2.45) is 0 Å². The molecule has 0 saturated carbocycles. The lowest BCUT2D eigenvalue weighted by atomic mass is 10.1. The van der Waals surface area contributed by atoms with Crippen molar-refractivity contribution in [2.75, 3.05) is 20.3 Å². The Hall–Kier alpha value is -2.35. The Morgan fingerprint density at radius 1 is 1.19 bits per heavy atom. The molecule has 146 valence electrons. The molecule has 0 aliphatic heterocycles. The Bertz CT molecular complexity index is 758. The van der Waals surface area contributed by atoms with Crippen LogP contribution in [0.3, 0.4) is 0 Å². The van der Waals surface area contributed by atoms with Crippen molar-refractivity contribution in [2.45, 2.75) is 19.5 Å². The highest BCUT2D eigenvalue weighted by molar-refractivity contribution is 9.10. The summed E-state index contributed by atoms with van der Waals surface area (Å²) >= 11 is 3.35. The van der Waals surface area contributed by atoms with Gasteiger partial charge in [0.1, 0.15) is 5.75 Å². The van der Waals surface area contributed by atoms with E-state index < -0.39 is 6.61 Å². The zero-order chi connectivity index (χ0) is 19.6. The number of carbonyl (C=O) groups is 1. The van der Waals surface area contributed by atoms with Crippen LogP contribution in [-0.2, 0) is 11.2 Å². The Labute approximate surface area is 164 Å². The van der Waals surface area contributed by atoms with E-state index in [-0.39, 0.29) is 30.4 Å². The first-order valence-electron chi connectivity index (χ1n) is 8.24. The van der Waals surface area contributed by atoms with E-state index in [1.165, 1.54) is 13.2 Å². The zero-order valence-electron chi connectivity index (χ0n) is 14.7. The van der Waals surface area contributed by atoms with E-state index in [1.807, 2.05) is 24.3 Å². The summed E-state index contributed by atoms with van der Waals surface area (Å²) in [7, 11) is 1.38. The van der Waals surface area contributed by atoms with Crippen molar-refractivity contribution in [1.82, 2.24) is 5.32 Å². The van der Waals surface area contributed by atoms with Crippen LogP contribution in [-0.4, -0.2) is 32.8 Å².